The van der Waals surface area contributed by atoms with Crippen molar-refractivity contribution in [2.45, 2.75) is 6.54 Å². The number of benzene rings is 1. The molecular weight excluding hydrogens is 201 g/mol. The van der Waals surface area contributed by atoms with Gasteiger partial charge in [-0.2, -0.15) is 4.21 Å². The van der Waals surface area contributed by atoms with Crippen LogP contribution in [0.2, 0.25) is 0 Å². The minimum Gasteiger partial charge on any atom is -0.289 e. The van der Waals surface area contributed by atoms with Gasteiger partial charge in [-0.1, -0.05) is 29.7 Å². The molecule has 0 saturated carbocycles. The third kappa shape index (κ3) is 4.52. The summed E-state index contributed by atoms with van der Waals surface area (Å²) >= 11 is -2.22. The van der Waals surface area contributed by atoms with E-state index in [9.17, 15) is 4.21 Å². The summed E-state index contributed by atoms with van der Waals surface area (Å²) < 4.78 is 22.8. The van der Waals surface area contributed by atoms with E-state index in [1.165, 1.54) is 0 Å². The lowest BCUT2D eigenvalue weighted by Gasteiger charge is -2.04. The second-order valence-electron chi connectivity index (χ2n) is 2.65. The fourth-order valence-corrected chi connectivity index (χ4v) is 1.17. The van der Waals surface area contributed by atoms with Crippen LogP contribution in [-0.4, -0.2) is 23.3 Å². The van der Waals surface area contributed by atoms with E-state index in [0.717, 1.165) is 5.56 Å². The highest BCUT2D eigenvalue weighted by molar-refractivity contribution is 7.74. The molecule has 0 spiro atoms. The highest BCUT2D eigenvalue weighted by Gasteiger charge is 1.94. The van der Waals surface area contributed by atoms with E-state index >= 15 is 0 Å². The molecule has 74 valence electrons. The van der Waals surface area contributed by atoms with Crippen molar-refractivity contribution in [3.05, 3.63) is 29.8 Å². The summed E-state index contributed by atoms with van der Waals surface area (Å²) in [5.41, 5.74) is 1.69. The molecule has 1 rings (SSSR count). The second kappa shape index (κ2) is 5.92. The zero-order valence-electron chi connectivity index (χ0n) is 7.47. The smallest absolute Gasteiger partial charge is 0.289 e. The molecule has 1 unspecified atom stereocenters. The first kappa shape index (κ1) is 11.4. The van der Waals surface area contributed by atoms with E-state index in [1.807, 2.05) is 18.2 Å². The summed E-state index contributed by atoms with van der Waals surface area (Å²) in [6.07, 6.45) is 0. The average Bonchev–Trinajstić information content (AvgIpc) is 2.12. The molecule has 14 heavy (non-hydrogen) atoms. The van der Waals surface area contributed by atoms with Gasteiger partial charge in [0.1, 0.15) is 14.6 Å². The maximum atomic E-state index is 10.1. The van der Waals surface area contributed by atoms with Crippen molar-refractivity contribution >= 4 is 24.7 Å². The first-order chi connectivity index (χ1) is 6.68. The van der Waals surface area contributed by atoms with Gasteiger partial charge in [0.25, 0.3) is 0 Å². The zero-order chi connectivity index (χ0) is 10.4. The van der Waals surface area contributed by atoms with Gasteiger partial charge in [-0.25, -0.2) is 0 Å². The van der Waals surface area contributed by atoms with Gasteiger partial charge in [0.2, 0.25) is 0 Å². The van der Waals surface area contributed by atoms with Gasteiger partial charge in [0.15, 0.2) is 0 Å². The van der Waals surface area contributed by atoms with Gasteiger partial charge in [-0.3, -0.25) is 14.1 Å². The fraction of sp³-hybridized carbons (Fsp3) is 0.250. The molecule has 0 aromatic heterocycles. The molecule has 0 amide bonds. The molecule has 2 N–H and O–H groups in total. The summed E-state index contributed by atoms with van der Waals surface area (Å²) in [7, 11) is 5.56. The predicted molar refractivity (Wildman–Crippen MR) is 55.4 cm³/mol. The third-order valence-electron chi connectivity index (χ3n) is 1.54. The number of nitrogens with one attached hydrogen (secondary N) is 1. The van der Waals surface area contributed by atoms with Crippen molar-refractivity contribution in [3.8, 4) is 0 Å². The van der Waals surface area contributed by atoms with Crippen LogP contribution in [0.5, 0.6) is 0 Å². The van der Waals surface area contributed by atoms with Gasteiger partial charge >= 0.3 is 11.4 Å². The summed E-state index contributed by atoms with van der Waals surface area (Å²) in [6.45, 7) is 0.570. The van der Waals surface area contributed by atoms with Crippen LogP contribution in [0.3, 0.4) is 0 Å². The number of hydrogen-bond acceptors (Lipinski definition) is 3. The zero-order valence-corrected chi connectivity index (χ0v) is 8.29. The molecule has 0 aliphatic carbocycles. The van der Waals surface area contributed by atoms with Crippen LogP contribution in [0.25, 0.3) is 0 Å². The highest BCUT2D eigenvalue weighted by atomic mass is 32.2. The van der Waals surface area contributed by atoms with Crippen LogP contribution < -0.4 is 10.8 Å². The summed E-state index contributed by atoms with van der Waals surface area (Å²) in [6, 6.07) is 7.36. The minimum absolute atomic E-state index is 0.0257. The molecule has 4 nitrogen and oxygen atoms in total. The molecule has 2 radical (unpaired) electrons. The first-order valence-corrected chi connectivity index (χ1v) is 5.01. The van der Waals surface area contributed by atoms with Crippen molar-refractivity contribution in [3.63, 3.8) is 0 Å². The quantitative estimate of drug-likeness (QED) is 0.303. The Hall–Kier alpha value is -0.685. The van der Waals surface area contributed by atoms with Crippen LogP contribution in [0, 0.1) is 0 Å². The fourth-order valence-electron chi connectivity index (χ4n) is 0.991. The highest BCUT2D eigenvalue weighted by Crippen LogP contribution is 1.94. The van der Waals surface area contributed by atoms with Crippen molar-refractivity contribution in [2.24, 2.45) is 0 Å². The maximum Gasteiger partial charge on any atom is 0.303 e. The van der Waals surface area contributed by atoms with Crippen LogP contribution >= 0.6 is 0 Å². The average molecular weight is 211 g/mol. The molecule has 0 heterocycles. The Morgan fingerprint density at radius 3 is 3.00 bits per heavy atom. The van der Waals surface area contributed by atoms with E-state index in [-0.39, 0.29) is 6.73 Å². The molecule has 1 aromatic carbocycles. The summed E-state index contributed by atoms with van der Waals surface area (Å²) in [5.74, 6) is 0. The van der Waals surface area contributed by atoms with E-state index < -0.39 is 11.4 Å². The van der Waals surface area contributed by atoms with Gasteiger partial charge in [0.05, 0.1) is 0 Å². The monoisotopic (exact) mass is 211 g/mol. The normalized spacial score (nSPS) is 12.6. The van der Waals surface area contributed by atoms with E-state index in [2.05, 4.69) is 9.50 Å². The molecular formula is C8H10BNO3S. The Morgan fingerprint density at radius 2 is 2.36 bits per heavy atom. The first-order valence-electron chi connectivity index (χ1n) is 3.98. The summed E-state index contributed by atoms with van der Waals surface area (Å²) in [5, 5.41) is 2.83. The van der Waals surface area contributed by atoms with Crippen LogP contribution in [0.1, 0.15) is 5.56 Å². The van der Waals surface area contributed by atoms with Crippen molar-refractivity contribution in [2.75, 3.05) is 6.73 Å². The van der Waals surface area contributed by atoms with Crippen LogP contribution in [0.15, 0.2) is 24.3 Å². The SMILES string of the molecule is [B]c1cccc(CNCOS(=O)O)c1. The Kier molecular flexibility index (Phi) is 4.82. The lowest BCUT2D eigenvalue weighted by molar-refractivity contribution is 0.277. The predicted octanol–water partition coefficient (Wildman–Crippen LogP) is -0.319. The molecule has 0 bridgehead atoms. The molecule has 1 aromatic rings. The van der Waals surface area contributed by atoms with Crippen molar-refractivity contribution < 1.29 is 12.9 Å². The largest absolute Gasteiger partial charge is 0.303 e. The lowest BCUT2D eigenvalue weighted by atomic mass is 9.94. The Balaban J connectivity index is 2.28. The second-order valence-corrected chi connectivity index (χ2v) is 3.32. The van der Waals surface area contributed by atoms with Crippen molar-refractivity contribution in [1.82, 2.24) is 5.32 Å². The Bertz CT molecular complexity index is 321. The number of hydrogen-bond donors (Lipinski definition) is 2. The number of rotatable bonds is 5. The molecule has 0 aliphatic rings. The van der Waals surface area contributed by atoms with Gasteiger partial charge in [-0.05, 0) is 5.56 Å². The molecule has 6 heteroatoms. The molecule has 0 saturated heterocycles. The van der Waals surface area contributed by atoms with Crippen molar-refractivity contribution in [1.29, 1.82) is 0 Å². The Labute approximate surface area is 86.6 Å². The lowest BCUT2D eigenvalue weighted by Crippen LogP contribution is -2.18. The van der Waals surface area contributed by atoms with Crippen LogP contribution in [-0.2, 0) is 22.1 Å². The molecule has 0 fully saturated rings. The van der Waals surface area contributed by atoms with E-state index in [4.69, 9.17) is 12.4 Å². The maximum absolute atomic E-state index is 10.1. The van der Waals surface area contributed by atoms with E-state index in [0.29, 0.717) is 12.0 Å². The standard InChI is InChI=1S/C8H10BNO3S/c9-8-3-1-2-7(4-8)5-10-6-13-14(11)12/h1-4,10H,5-6H2,(H,11,12). The summed E-state index contributed by atoms with van der Waals surface area (Å²) in [4.78, 5) is 0. The van der Waals surface area contributed by atoms with Gasteiger partial charge in [-0.15, -0.1) is 0 Å². The van der Waals surface area contributed by atoms with Gasteiger partial charge < -0.3 is 0 Å². The third-order valence-corrected chi connectivity index (χ3v) is 1.86. The Morgan fingerprint density at radius 1 is 1.57 bits per heavy atom. The minimum atomic E-state index is -2.22. The van der Waals surface area contributed by atoms with Crippen LogP contribution in [0.4, 0.5) is 0 Å². The van der Waals surface area contributed by atoms with Gasteiger partial charge in [0, 0.05) is 6.54 Å². The topological polar surface area (TPSA) is 58.6 Å². The molecule has 0 aliphatic heterocycles. The van der Waals surface area contributed by atoms with E-state index in [1.54, 1.807) is 6.07 Å². The molecule has 1 atom stereocenters.